The van der Waals surface area contributed by atoms with E-state index >= 15 is 0 Å². The standard InChI is InChI=1S/C33H43N3O6/c1-5-7-11-18-34-30(39)28-33-19-21(3)32(4,42-33)26(29(38)35-23-14-16-24(17-15-23)41-6-2)27(33)31(40)36(28)25(20-37)22-12-9-8-10-13-22/h8-10,12-17,21,25-28,37H,5-7,11,18-20H2,1-4H3,(H,34,39)(H,35,38)/t21?,25-,26-,27+,28?,32+,33?/m1/s1. The van der Waals surface area contributed by atoms with Gasteiger partial charge < -0.3 is 30.1 Å². The highest BCUT2D eigenvalue weighted by molar-refractivity contribution is 6.02. The summed E-state index contributed by atoms with van der Waals surface area (Å²) in [5.74, 6) is -2.05. The zero-order valence-electron chi connectivity index (χ0n) is 25.0. The van der Waals surface area contributed by atoms with Crippen molar-refractivity contribution in [1.29, 1.82) is 0 Å². The first-order valence-electron chi connectivity index (χ1n) is 15.2. The summed E-state index contributed by atoms with van der Waals surface area (Å²) in [7, 11) is 0. The number of carbonyl (C=O) groups is 3. The fraction of sp³-hybridized carbons (Fsp3) is 0.545. The molecule has 1 spiro atoms. The molecular formula is C33H43N3O6. The molecule has 3 amide bonds. The third-order valence-electron chi connectivity index (χ3n) is 9.49. The van der Waals surface area contributed by atoms with Gasteiger partial charge in [-0.25, -0.2) is 0 Å². The molecule has 5 rings (SSSR count). The summed E-state index contributed by atoms with van der Waals surface area (Å²) in [5.41, 5.74) is -0.827. The van der Waals surface area contributed by atoms with Gasteiger partial charge in [0.25, 0.3) is 0 Å². The van der Waals surface area contributed by atoms with Gasteiger partial charge >= 0.3 is 0 Å². The Morgan fingerprint density at radius 1 is 1.10 bits per heavy atom. The molecule has 3 aliphatic heterocycles. The molecule has 0 aromatic heterocycles. The summed E-state index contributed by atoms with van der Waals surface area (Å²) in [6, 6.07) is 14.6. The molecule has 3 fully saturated rings. The topological polar surface area (TPSA) is 117 Å². The number of nitrogens with one attached hydrogen (secondary N) is 2. The quantitative estimate of drug-likeness (QED) is 0.328. The number of benzene rings is 2. The molecule has 9 nitrogen and oxygen atoms in total. The van der Waals surface area contributed by atoms with Gasteiger partial charge in [-0.2, -0.15) is 0 Å². The van der Waals surface area contributed by atoms with Crippen molar-refractivity contribution in [2.45, 2.75) is 76.7 Å². The van der Waals surface area contributed by atoms with Gasteiger partial charge in [0.1, 0.15) is 17.4 Å². The maximum Gasteiger partial charge on any atom is 0.245 e. The van der Waals surface area contributed by atoms with Gasteiger partial charge in [-0.3, -0.25) is 14.4 Å². The average Bonchev–Trinajstić information content (AvgIpc) is 3.50. The van der Waals surface area contributed by atoms with E-state index in [9.17, 15) is 19.5 Å². The molecule has 3 saturated heterocycles. The second kappa shape index (κ2) is 12.1. The van der Waals surface area contributed by atoms with Gasteiger partial charge in [0, 0.05) is 12.2 Å². The minimum atomic E-state index is -1.19. The number of anilines is 1. The van der Waals surface area contributed by atoms with Crippen molar-refractivity contribution >= 4 is 23.4 Å². The molecule has 9 heteroatoms. The van der Waals surface area contributed by atoms with Crippen molar-refractivity contribution < 1.29 is 29.0 Å². The molecule has 2 aromatic rings. The van der Waals surface area contributed by atoms with Crippen LogP contribution in [0.2, 0.25) is 0 Å². The lowest BCUT2D eigenvalue weighted by atomic mass is 9.62. The number of ether oxygens (including phenoxy) is 2. The molecule has 2 bridgehead atoms. The van der Waals surface area contributed by atoms with E-state index in [1.165, 1.54) is 4.90 Å². The van der Waals surface area contributed by atoms with Gasteiger partial charge in [0.2, 0.25) is 17.7 Å². The molecular weight excluding hydrogens is 534 g/mol. The molecule has 3 N–H and O–H groups in total. The third-order valence-corrected chi connectivity index (χ3v) is 9.49. The number of hydrogen-bond donors (Lipinski definition) is 3. The van der Waals surface area contributed by atoms with Gasteiger partial charge in [-0.15, -0.1) is 0 Å². The predicted octanol–water partition coefficient (Wildman–Crippen LogP) is 4.07. The molecule has 0 aliphatic carbocycles. The Balaban J connectivity index is 1.52. The monoisotopic (exact) mass is 577 g/mol. The molecule has 0 radical (unpaired) electrons. The van der Waals surface area contributed by atoms with Gasteiger partial charge in [0.15, 0.2) is 0 Å². The van der Waals surface area contributed by atoms with Crippen LogP contribution in [0.1, 0.15) is 65.0 Å². The van der Waals surface area contributed by atoms with Crippen LogP contribution in [0.25, 0.3) is 0 Å². The Kier molecular flexibility index (Phi) is 8.62. The highest BCUT2D eigenvalue weighted by atomic mass is 16.5. The average molecular weight is 578 g/mol. The smallest absolute Gasteiger partial charge is 0.245 e. The van der Waals surface area contributed by atoms with Crippen LogP contribution in [0, 0.1) is 17.8 Å². The van der Waals surface area contributed by atoms with E-state index < -0.39 is 35.1 Å². The Labute approximate surface area is 248 Å². The van der Waals surface area contributed by atoms with Crippen LogP contribution < -0.4 is 15.4 Å². The van der Waals surface area contributed by atoms with E-state index in [0.717, 1.165) is 24.8 Å². The number of likely N-dealkylation sites (tertiary alicyclic amines) is 1. The van der Waals surface area contributed by atoms with Gasteiger partial charge in [-0.05, 0) is 62.4 Å². The van der Waals surface area contributed by atoms with Gasteiger partial charge in [0.05, 0.1) is 36.7 Å². The Hall–Kier alpha value is -3.43. The highest BCUT2D eigenvalue weighted by Gasteiger charge is 2.80. The van der Waals surface area contributed by atoms with E-state index in [2.05, 4.69) is 17.6 Å². The molecule has 2 aromatic carbocycles. The van der Waals surface area contributed by atoms with Crippen molar-refractivity contribution in [2.24, 2.45) is 17.8 Å². The number of hydrogen-bond acceptors (Lipinski definition) is 6. The van der Waals surface area contributed by atoms with Crippen LogP contribution in [0.4, 0.5) is 5.69 Å². The fourth-order valence-corrected chi connectivity index (χ4v) is 7.45. The fourth-order valence-electron chi connectivity index (χ4n) is 7.45. The van der Waals surface area contributed by atoms with Crippen molar-refractivity contribution in [3.63, 3.8) is 0 Å². The van der Waals surface area contributed by atoms with Crippen LogP contribution in [0.15, 0.2) is 54.6 Å². The first kappa shape index (κ1) is 30.0. The summed E-state index contributed by atoms with van der Waals surface area (Å²) in [4.78, 5) is 44.1. The normalized spacial score (nSPS) is 30.2. The summed E-state index contributed by atoms with van der Waals surface area (Å²) < 4.78 is 12.3. The number of unbranched alkanes of at least 4 members (excludes halogenated alkanes) is 2. The largest absolute Gasteiger partial charge is 0.494 e. The number of aliphatic hydroxyl groups excluding tert-OH is 1. The first-order chi connectivity index (χ1) is 20.2. The molecule has 226 valence electrons. The number of fused-ring (bicyclic) bond motifs is 1. The van der Waals surface area contributed by atoms with E-state index in [4.69, 9.17) is 9.47 Å². The van der Waals surface area contributed by atoms with Crippen LogP contribution >= 0.6 is 0 Å². The number of carbonyl (C=O) groups excluding carboxylic acids is 3. The lowest BCUT2D eigenvalue weighted by Crippen LogP contribution is -2.56. The highest BCUT2D eigenvalue weighted by Crippen LogP contribution is 2.66. The molecule has 3 heterocycles. The SMILES string of the molecule is CCCCCNC(=O)C1N([C@H](CO)c2ccccc2)C(=O)[C@@H]2[C@H](C(=O)Nc3ccc(OCC)cc3)[C@@]3(C)OC12CC3C. The van der Waals surface area contributed by atoms with Crippen molar-refractivity contribution in [3.8, 4) is 5.75 Å². The lowest BCUT2D eigenvalue weighted by molar-refractivity contribution is -0.150. The van der Waals surface area contributed by atoms with E-state index in [-0.39, 0.29) is 30.2 Å². The van der Waals surface area contributed by atoms with Crippen LogP contribution in [0.3, 0.4) is 0 Å². The van der Waals surface area contributed by atoms with Crippen molar-refractivity contribution in [3.05, 3.63) is 60.2 Å². The second-order valence-corrected chi connectivity index (χ2v) is 12.0. The maximum atomic E-state index is 14.5. The van der Waals surface area contributed by atoms with Crippen molar-refractivity contribution in [1.82, 2.24) is 10.2 Å². The maximum absolute atomic E-state index is 14.5. The number of nitrogens with zero attached hydrogens (tertiary/aromatic N) is 1. The number of aliphatic hydroxyl groups is 1. The first-order valence-corrected chi connectivity index (χ1v) is 15.2. The Morgan fingerprint density at radius 3 is 2.45 bits per heavy atom. The number of rotatable bonds is 12. The van der Waals surface area contributed by atoms with E-state index in [1.807, 2.05) is 51.1 Å². The molecule has 42 heavy (non-hydrogen) atoms. The predicted molar refractivity (Wildman–Crippen MR) is 159 cm³/mol. The Morgan fingerprint density at radius 2 is 1.81 bits per heavy atom. The third kappa shape index (κ3) is 4.96. The second-order valence-electron chi connectivity index (χ2n) is 12.0. The van der Waals surface area contributed by atoms with E-state index in [0.29, 0.717) is 31.0 Å². The summed E-state index contributed by atoms with van der Waals surface area (Å²) >= 11 is 0. The number of amides is 3. The summed E-state index contributed by atoms with van der Waals surface area (Å²) in [5, 5.41) is 16.7. The van der Waals surface area contributed by atoms with Crippen molar-refractivity contribution in [2.75, 3.05) is 25.1 Å². The Bertz CT molecular complexity index is 1290. The van der Waals surface area contributed by atoms with Gasteiger partial charge in [-0.1, -0.05) is 57.0 Å². The molecule has 0 saturated carbocycles. The van der Waals surface area contributed by atoms with Crippen LogP contribution in [-0.4, -0.2) is 64.7 Å². The minimum absolute atomic E-state index is 0.0859. The zero-order chi connectivity index (χ0) is 30.1. The van der Waals surface area contributed by atoms with Crippen LogP contribution in [0.5, 0.6) is 5.75 Å². The van der Waals surface area contributed by atoms with E-state index in [1.54, 1.807) is 24.3 Å². The zero-order valence-corrected chi connectivity index (χ0v) is 25.0. The lowest BCUT2D eigenvalue weighted by Gasteiger charge is -2.37. The molecule has 3 aliphatic rings. The summed E-state index contributed by atoms with van der Waals surface area (Å²) in [6.07, 6.45) is 3.28. The summed E-state index contributed by atoms with van der Waals surface area (Å²) in [6.45, 7) is 8.56. The minimum Gasteiger partial charge on any atom is -0.494 e. The molecule has 7 atom stereocenters. The van der Waals surface area contributed by atoms with Crippen LogP contribution in [-0.2, 0) is 19.1 Å². The molecule has 3 unspecified atom stereocenters.